The number of rotatable bonds is 6. The molecule has 10 heteroatoms. The number of urea groups is 1. The van der Waals surface area contributed by atoms with Gasteiger partial charge in [0.1, 0.15) is 12.2 Å². The van der Waals surface area contributed by atoms with E-state index >= 15 is 0 Å². The maximum Gasteiger partial charge on any atom is 0.406 e. The summed E-state index contributed by atoms with van der Waals surface area (Å²) in [7, 11) is 0. The average molecular weight is 349 g/mol. The van der Waals surface area contributed by atoms with Crippen molar-refractivity contribution in [2.24, 2.45) is 0 Å². The second-order valence-electron chi connectivity index (χ2n) is 5.83. The number of anilines is 1. The molecule has 24 heavy (non-hydrogen) atoms. The number of hydrogen-bond donors (Lipinski definition) is 3. The molecule has 0 spiro atoms. The molecule has 1 aromatic rings. The lowest BCUT2D eigenvalue weighted by molar-refractivity contribution is -0.141. The number of halogens is 3. The van der Waals surface area contributed by atoms with Gasteiger partial charge < -0.3 is 20.3 Å². The van der Waals surface area contributed by atoms with Gasteiger partial charge in [-0.2, -0.15) is 13.2 Å². The molecule has 0 radical (unpaired) electrons. The van der Waals surface area contributed by atoms with E-state index in [-0.39, 0.29) is 18.5 Å². The molecule has 2 amide bonds. The molecule has 0 aliphatic rings. The van der Waals surface area contributed by atoms with Crippen molar-refractivity contribution in [2.75, 3.05) is 5.32 Å². The van der Waals surface area contributed by atoms with Gasteiger partial charge in [0.05, 0.1) is 0 Å². The van der Waals surface area contributed by atoms with Crippen LogP contribution in [0.1, 0.15) is 26.7 Å². The van der Waals surface area contributed by atoms with Crippen LogP contribution in [0.5, 0.6) is 0 Å². The molecule has 0 atom stereocenters. The van der Waals surface area contributed by atoms with Crippen LogP contribution in [0.15, 0.2) is 23.1 Å². The Balaban J connectivity index is 2.79. The monoisotopic (exact) mass is 349 g/mol. The normalized spacial score (nSPS) is 11.9. The highest BCUT2D eigenvalue weighted by Crippen LogP contribution is 2.17. The molecule has 0 saturated heterocycles. The Bertz CT molecular complexity index is 668. The van der Waals surface area contributed by atoms with Gasteiger partial charge in [-0.1, -0.05) is 0 Å². The van der Waals surface area contributed by atoms with E-state index in [0.29, 0.717) is 4.57 Å². The lowest BCUT2D eigenvalue weighted by Crippen LogP contribution is -2.46. The smallest absolute Gasteiger partial charge is 0.406 e. The lowest BCUT2D eigenvalue weighted by atomic mass is 9.99. The van der Waals surface area contributed by atoms with E-state index in [4.69, 9.17) is 5.11 Å². The van der Waals surface area contributed by atoms with Crippen LogP contribution in [0, 0.1) is 0 Å². The Hall–Kier alpha value is -2.52. The number of carbonyl (C=O) groups is 2. The molecule has 0 aliphatic heterocycles. The number of hydrogen-bond acceptors (Lipinski definition) is 3. The summed E-state index contributed by atoms with van der Waals surface area (Å²) in [5.74, 6) is -1.02. The minimum Gasteiger partial charge on any atom is -0.481 e. The molecule has 0 aromatic carbocycles. The Morgan fingerprint density at radius 2 is 1.92 bits per heavy atom. The number of alkyl halides is 3. The summed E-state index contributed by atoms with van der Waals surface area (Å²) in [6.07, 6.45) is -3.63. The lowest BCUT2D eigenvalue weighted by Gasteiger charge is -2.25. The first kappa shape index (κ1) is 19.5. The topological polar surface area (TPSA) is 100 Å². The fourth-order valence-corrected chi connectivity index (χ4v) is 1.89. The van der Waals surface area contributed by atoms with Crippen LogP contribution in [-0.2, 0) is 11.3 Å². The number of carbonyl (C=O) groups excluding carboxylic acids is 1. The van der Waals surface area contributed by atoms with Gasteiger partial charge in [-0.05, 0) is 32.4 Å². The zero-order valence-electron chi connectivity index (χ0n) is 13.1. The Morgan fingerprint density at radius 1 is 1.29 bits per heavy atom. The highest BCUT2D eigenvalue weighted by Gasteiger charge is 2.29. The largest absolute Gasteiger partial charge is 0.481 e. The molecule has 0 saturated carbocycles. The van der Waals surface area contributed by atoms with Gasteiger partial charge in [-0.25, -0.2) is 4.79 Å². The predicted molar refractivity (Wildman–Crippen MR) is 79.9 cm³/mol. The quantitative estimate of drug-likeness (QED) is 0.733. The molecular formula is C14H18F3N3O4. The molecule has 1 heterocycles. The Morgan fingerprint density at radius 3 is 2.46 bits per heavy atom. The molecule has 3 N–H and O–H groups in total. The maximum atomic E-state index is 12.4. The zero-order chi connectivity index (χ0) is 18.5. The van der Waals surface area contributed by atoms with E-state index in [1.54, 1.807) is 13.8 Å². The summed E-state index contributed by atoms with van der Waals surface area (Å²) in [6.45, 7) is 1.71. The Kier molecular flexibility index (Phi) is 5.99. The van der Waals surface area contributed by atoms with Crippen LogP contribution in [0.3, 0.4) is 0 Å². The second kappa shape index (κ2) is 7.37. The molecule has 1 aromatic heterocycles. The zero-order valence-corrected chi connectivity index (χ0v) is 13.1. The fourth-order valence-electron chi connectivity index (χ4n) is 1.89. The number of aromatic nitrogens is 1. The third-order valence-electron chi connectivity index (χ3n) is 3.03. The first-order valence-electron chi connectivity index (χ1n) is 6.97. The third-order valence-corrected chi connectivity index (χ3v) is 3.03. The molecule has 1 rings (SSSR count). The van der Waals surface area contributed by atoms with Crippen LogP contribution < -0.4 is 16.2 Å². The first-order valence-corrected chi connectivity index (χ1v) is 6.97. The van der Waals surface area contributed by atoms with Gasteiger partial charge in [0.25, 0.3) is 5.56 Å². The summed E-state index contributed by atoms with van der Waals surface area (Å²) >= 11 is 0. The van der Waals surface area contributed by atoms with Crippen molar-refractivity contribution in [2.45, 2.75) is 44.9 Å². The van der Waals surface area contributed by atoms with Crippen molar-refractivity contribution in [1.82, 2.24) is 9.88 Å². The number of carboxylic acid groups (broad SMARTS) is 1. The number of nitrogens with zero attached hydrogens (tertiary/aromatic N) is 1. The Labute approximate surface area is 135 Å². The number of nitrogens with one attached hydrogen (secondary N) is 2. The minimum atomic E-state index is -4.57. The van der Waals surface area contributed by atoms with Gasteiger partial charge in [0.2, 0.25) is 0 Å². The van der Waals surface area contributed by atoms with E-state index in [9.17, 15) is 27.6 Å². The number of amides is 2. The molecule has 0 bridgehead atoms. The molecule has 134 valence electrons. The molecule has 0 fully saturated rings. The summed E-state index contributed by atoms with van der Waals surface area (Å²) in [6, 6.07) is 1.57. The van der Waals surface area contributed by atoms with Gasteiger partial charge >= 0.3 is 18.2 Å². The molecule has 7 nitrogen and oxygen atoms in total. The van der Waals surface area contributed by atoms with Crippen LogP contribution in [0.4, 0.5) is 23.7 Å². The maximum absolute atomic E-state index is 12.4. The van der Waals surface area contributed by atoms with Crippen molar-refractivity contribution >= 4 is 17.7 Å². The molecule has 0 unspecified atom stereocenters. The van der Waals surface area contributed by atoms with Gasteiger partial charge in [-0.15, -0.1) is 0 Å². The number of pyridine rings is 1. The fraction of sp³-hybridized carbons (Fsp3) is 0.500. The van der Waals surface area contributed by atoms with Gasteiger partial charge in [0.15, 0.2) is 0 Å². The first-order chi connectivity index (χ1) is 10.9. The van der Waals surface area contributed by atoms with Crippen molar-refractivity contribution in [1.29, 1.82) is 0 Å². The van der Waals surface area contributed by atoms with Crippen LogP contribution >= 0.6 is 0 Å². The summed E-state index contributed by atoms with van der Waals surface area (Å²) < 4.78 is 37.6. The van der Waals surface area contributed by atoms with E-state index in [1.807, 2.05) is 0 Å². The average Bonchev–Trinajstić information content (AvgIpc) is 2.39. The third kappa shape index (κ3) is 6.71. The summed E-state index contributed by atoms with van der Waals surface area (Å²) in [4.78, 5) is 34.3. The van der Waals surface area contributed by atoms with E-state index in [1.165, 1.54) is 12.1 Å². The standard InChI is InChI=1S/C14H18F3N3O4/c1-13(2,6-5-10(21)22)19-12(24)18-9-4-3-7-20(11(9)23)8-14(15,16)17/h3-4,7H,5-6,8H2,1-2H3,(H,21,22)(H2,18,19,24). The highest BCUT2D eigenvalue weighted by molar-refractivity contribution is 5.89. The van der Waals surface area contributed by atoms with Crippen LogP contribution in [0.2, 0.25) is 0 Å². The van der Waals surface area contributed by atoms with Crippen molar-refractivity contribution in [3.8, 4) is 0 Å². The highest BCUT2D eigenvalue weighted by atomic mass is 19.4. The summed E-state index contributed by atoms with van der Waals surface area (Å²) in [5.41, 5.74) is -2.18. The molecular weight excluding hydrogens is 331 g/mol. The van der Waals surface area contributed by atoms with Gasteiger partial charge in [-0.3, -0.25) is 9.59 Å². The SMILES string of the molecule is CC(C)(CCC(=O)O)NC(=O)Nc1cccn(CC(F)(F)F)c1=O. The predicted octanol–water partition coefficient (Wildman–Crippen LogP) is 2.18. The van der Waals surface area contributed by atoms with Gasteiger partial charge in [0, 0.05) is 18.2 Å². The van der Waals surface area contributed by atoms with Crippen LogP contribution in [0.25, 0.3) is 0 Å². The van der Waals surface area contributed by atoms with Crippen molar-refractivity contribution in [3.05, 3.63) is 28.7 Å². The van der Waals surface area contributed by atoms with E-state index in [2.05, 4.69) is 10.6 Å². The molecule has 0 aliphatic carbocycles. The van der Waals surface area contributed by atoms with Crippen molar-refractivity contribution in [3.63, 3.8) is 0 Å². The van der Waals surface area contributed by atoms with E-state index < -0.39 is 35.8 Å². The van der Waals surface area contributed by atoms with Crippen LogP contribution in [-0.4, -0.2) is 33.4 Å². The second-order valence-corrected chi connectivity index (χ2v) is 5.83. The minimum absolute atomic E-state index is 0.142. The van der Waals surface area contributed by atoms with Crippen molar-refractivity contribution < 1.29 is 27.9 Å². The summed E-state index contributed by atoms with van der Waals surface area (Å²) in [5, 5.41) is 13.3. The number of carboxylic acids is 1. The van der Waals surface area contributed by atoms with E-state index in [0.717, 1.165) is 6.20 Å². The number of aliphatic carboxylic acids is 1.